The lowest BCUT2D eigenvalue weighted by Crippen LogP contribution is -2.40. The van der Waals surface area contributed by atoms with Gasteiger partial charge >= 0.3 is 0 Å². The van der Waals surface area contributed by atoms with Crippen LogP contribution in [0.1, 0.15) is 12.2 Å². The van der Waals surface area contributed by atoms with Gasteiger partial charge in [-0.15, -0.1) is 0 Å². The third kappa shape index (κ3) is 2.50. The zero-order valence-electron chi connectivity index (χ0n) is 15.2. The first-order valence-corrected chi connectivity index (χ1v) is 10.4. The van der Waals surface area contributed by atoms with Crippen LogP contribution < -0.4 is 0 Å². The Balaban J connectivity index is 1.25. The lowest BCUT2D eigenvalue weighted by atomic mass is 9.63. The van der Waals surface area contributed by atoms with E-state index in [1.165, 1.54) is 6.21 Å². The summed E-state index contributed by atoms with van der Waals surface area (Å²) in [5.41, 5.74) is 0.705. The van der Waals surface area contributed by atoms with Crippen LogP contribution in [0, 0.1) is 35.5 Å². The van der Waals surface area contributed by atoms with E-state index in [1.807, 2.05) is 0 Å². The Morgan fingerprint density at radius 3 is 2.34 bits per heavy atom. The molecule has 2 aromatic rings. The van der Waals surface area contributed by atoms with Crippen LogP contribution in [0.5, 0.6) is 0 Å². The summed E-state index contributed by atoms with van der Waals surface area (Å²) in [6.07, 6.45) is 6.85. The molecule has 5 aliphatic rings. The summed E-state index contributed by atoms with van der Waals surface area (Å²) < 4.78 is 5.78. The van der Waals surface area contributed by atoms with Crippen molar-refractivity contribution >= 4 is 41.2 Å². The van der Waals surface area contributed by atoms with E-state index in [4.69, 9.17) is 27.6 Å². The number of nitrogens with zero attached hydrogens (tertiary/aromatic N) is 2. The summed E-state index contributed by atoms with van der Waals surface area (Å²) in [5.74, 6) is 1.64. The number of rotatable bonds is 3. The molecule has 6 atom stereocenters. The van der Waals surface area contributed by atoms with E-state index >= 15 is 0 Å². The van der Waals surface area contributed by atoms with Gasteiger partial charge in [0.2, 0.25) is 0 Å². The largest absolute Gasteiger partial charge is 0.455 e. The molecule has 29 heavy (non-hydrogen) atoms. The fourth-order valence-corrected chi connectivity index (χ4v) is 5.93. The van der Waals surface area contributed by atoms with Crippen molar-refractivity contribution < 1.29 is 14.0 Å². The monoisotopic (exact) mass is 426 g/mol. The maximum atomic E-state index is 12.9. The fraction of sp³-hybridized carbons (Fsp3) is 0.318. The van der Waals surface area contributed by atoms with Crippen molar-refractivity contribution in [2.45, 2.75) is 6.42 Å². The first-order valence-electron chi connectivity index (χ1n) is 9.68. The predicted molar refractivity (Wildman–Crippen MR) is 108 cm³/mol. The lowest BCUT2D eigenvalue weighted by Gasteiger charge is -2.37. The number of imide groups is 1. The Bertz CT molecular complexity index is 1090. The number of benzene rings is 1. The van der Waals surface area contributed by atoms with E-state index in [-0.39, 0.29) is 35.5 Å². The minimum atomic E-state index is -0.251. The number of hydrazone groups is 1. The second kappa shape index (κ2) is 6.07. The first-order chi connectivity index (χ1) is 14.0. The highest BCUT2D eigenvalue weighted by molar-refractivity contribution is 6.36. The SMILES string of the molecule is O=C1[C@H]2[C@@H]3C=C[C@H]([C@H]4C[C@H]34)[C@@H]2C(=O)N1/N=C\c1ccc(-c2ccc(Cl)cc2Cl)o1. The van der Waals surface area contributed by atoms with Crippen LogP contribution >= 0.6 is 23.2 Å². The summed E-state index contributed by atoms with van der Waals surface area (Å²) in [7, 11) is 0. The molecular formula is C22H16Cl2N2O3. The minimum absolute atomic E-state index is 0.187. The highest BCUT2D eigenvalue weighted by Gasteiger charge is 2.67. The molecule has 2 amide bonds. The van der Waals surface area contributed by atoms with Gasteiger partial charge in [-0.05, 0) is 60.4 Å². The summed E-state index contributed by atoms with van der Waals surface area (Å²) in [4.78, 5) is 25.9. The standard InChI is InChI=1S/C22H16Cl2N2O3/c23-10-1-3-14(17(24)7-10)18-6-2-11(29-18)9-25-26-21(27)19-12-4-5-13(16-8-15(12)16)20(19)22(26)28/h1-7,9,12-13,15-16,19-20H,8H2/b25-9-/t12-,13-,15-,16-,19+,20+/m1/s1. The third-order valence-corrected chi connectivity index (χ3v) is 7.31. The summed E-state index contributed by atoms with van der Waals surface area (Å²) >= 11 is 12.2. The molecule has 1 saturated heterocycles. The number of hydrogen-bond donors (Lipinski definition) is 0. The molecular weight excluding hydrogens is 411 g/mol. The van der Waals surface area contributed by atoms with Gasteiger partial charge in [0.25, 0.3) is 11.8 Å². The average Bonchev–Trinajstić information content (AvgIpc) is 3.34. The Morgan fingerprint density at radius 1 is 1.00 bits per heavy atom. The maximum Gasteiger partial charge on any atom is 0.254 e. The van der Waals surface area contributed by atoms with Gasteiger partial charge in [-0.3, -0.25) is 9.59 Å². The lowest BCUT2D eigenvalue weighted by molar-refractivity contribution is -0.140. The molecule has 1 aliphatic heterocycles. The molecule has 7 rings (SSSR count). The summed E-state index contributed by atoms with van der Waals surface area (Å²) in [5, 5.41) is 6.26. The van der Waals surface area contributed by atoms with Crippen LogP contribution in [0.4, 0.5) is 0 Å². The highest BCUT2D eigenvalue weighted by Crippen LogP contribution is 2.65. The Kier molecular flexibility index (Phi) is 3.66. The van der Waals surface area contributed by atoms with Crippen molar-refractivity contribution in [1.82, 2.24) is 5.01 Å². The normalized spacial score (nSPS) is 34.2. The van der Waals surface area contributed by atoms with E-state index in [0.29, 0.717) is 39.0 Å². The zero-order valence-corrected chi connectivity index (χ0v) is 16.7. The second-order valence-electron chi connectivity index (χ2n) is 8.21. The van der Waals surface area contributed by atoms with Crippen LogP contribution in [-0.4, -0.2) is 23.0 Å². The Morgan fingerprint density at radius 2 is 1.69 bits per heavy atom. The summed E-state index contributed by atoms with van der Waals surface area (Å²) in [6.45, 7) is 0. The highest BCUT2D eigenvalue weighted by atomic mass is 35.5. The summed E-state index contributed by atoms with van der Waals surface area (Å²) in [6, 6.07) is 8.64. The molecule has 7 heteroatoms. The van der Waals surface area contributed by atoms with Crippen molar-refractivity contribution in [1.29, 1.82) is 0 Å². The number of amides is 2. The molecule has 4 aliphatic carbocycles. The molecule has 0 N–H and O–H groups in total. The number of furan rings is 1. The van der Waals surface area contributed by atoms with Gasteiger partial charge in [0.15, 0.2) is 0 Å². The smallest absolute Gasteiger partial charge is 0.254 e. The molecule has 146 valence electrons. The predicted octanol–water partition coefficient (Wildman–Crippen LogP) is 4.64. The molecule has 2 saturated carbocycles. The van der Waals surface area contributed by atoms with E-state index in [9.17, 15) is 9.59 Å². The zero-order chi connectivity index (χ0) is 19.9. The van der Waals surface area contributed by atoms with Gasteiger partial charge in [-0.25, -0.2) is 0 Å². The molecule has 2 heterocycles. The molecule has 3 fully saturated rings. The first kappa shape index (κ1) is 17.5. The Hall–Kier alpha value is -2.37. The van der Waals surface area contributed by atoms with Crippen LogP contribution in [0.25, 0.3) is 11.3 Å². The van der Waals surface area contributed by atoms with Crippen LogP contribution in [0.2, 0.25) is 10.0 Å². The van der Waals surface area contributed by atoms with Gasteiger partial charge < -0.3 is 4.42 Å². The van der Waals surface area contributed by atoms with E-state index in [2.05, 4.69) is 17.3 Å². The second-order valence-corrected chi connectivity index (χ2v) is 9.06. The van der Waals surface area contributed by atoms with Crippen LogP contribution in [0.3, 0.4) is 0 Å². The molecule has 0 spiro atoms. The fourth-order valence-electron chi connectivity index (χ4n) is 5.43. The van der Waals surface area contributed by atoms with E-state index in [1.54, 1.807) is 30.3 Å². The van der Waals surface area contributed by atoms with Crippen molar-refractivity contribution in [2.24, 2.45) is 40.6 Å². The maximum absolute atomic E-state index is 12.9. The van der Waals surface area contributed by atoms with Crippen molar-refractivity contribution in [2.75, 3.05) is 0 Å². The van der Waals surface area contributed by atoms with Crippen LogP contribution in [-0.2, 0) is 9.59 Å². The van der Waals surface area contributed by atoms with Gasteiger partial charge in [0.05, 0.1) is 23.1 Å². The minimum Gasteiger partial charge on any atom is -0.455 e. The number of hydrogen-bond acceptors (Lipinski definition) is 4. The van der Waals surface area contributed by atoms with Gasteiger partial charge in [-0.1, -0.05) is 35.4 Å². The number of carbonyl (C=O) groups is 2. The molecule has 0 radical (unpaired) electrons. The van der Waals surface area contributed by atoms with Gasteiger partial charge in [0.1, 0.15) is 11.5 Å². The topological polar surface area (TPSA) is 62.9 Å². The molecule has 1 aromatic carbocycles. The van der Waals surface area contributed by atoms with Gasteiger partial charge in [-0.2, -0.15) is 10.1 Å². The molecule has 0 unspecified atom stereocenters. The van der Waals surface area contributed by atoms with E-state index in [0.717, 1.165) is 11.4 Å². The van der Waals surface area contributed by atoms with Crippen molar-refractivity contribution in [3.63, 3.8) is 0 Å². The molecule has 1 aromatic heterocycles. The average molecular weight is 427 g/mol. The number of halogens is 2. The molecule has 5 nitrogen and oxygen atoms in total. The van der Waals surface area contributed by atoms with Crippen molar-refractivity contribution in [3.8, 4) is 11.3 Å². The number of allylic oxidation sites excluding steroid dienone is 2. The Labute approximate surface area is 177 Å². The number of carbonyl (C=O) groups excluding carboxylic acids is 2. The van der Waals surface area contributed by atoms with E-state index < -0.39 is 0 Å². The van der Waals surface area contributed by atoms with Crippen molar-refractivity contribution in [3.05, 3.63) is 58.3 Å². The van der Waals surface area contributed by atoms with Gasteiger partial charge in [0, 0.05) is 10.6 Å². The quantitative estimate of drug-likeness (QED) is 0.407. The molecule has 2 bridgehead atoms. The third-order valence-electron chi connectivity index (χ3n) is 6.76. The van der Waals surface area contributed by atoms with Crippen LogP contribution in [0.15, 0.2) is 52.0 Å².